The van der Waals surface area contributed by atoms with Crippen LogP contribution in [0.4, 0.5) is 14.5 Å². The zero-order valence-electron chi connectivity index (χ0n) is 8.95. The highest BCUT2D eigenvalue weighted by Crippen LogP contribution is 2.31. The van der Waals surface area contributed by atoms with Gasteiger partial charge in [0.25, 0.3) is 0 Å². The monoisotopic (exact) mass is 243 g/mol. The van der Waals surface area contributed by atoms with Crippen LogP contribution in [0.1, 0.15) is 0 Å². The molecule has 0 unspecified atom stereocenters. The minimum Gasteiger partial charge on any atom is -0.491 e. The molecule has 0 aliphatic rings. The van der Waals surface area contributed by atoms with Crippen molar-refractivity contribution in [3.05, 3.63) is 23.8 Å². The fourth-order valence-electron chi connectivity index (χ4n) is 1.08. The lowest BCUT2D eigenvalue weighted by atomic mass is 10.2. The number of rotatable bonds is 2. The predicted octanol–water partition coefficient (Wildman–Crippen LogP) is 0.193. The van der Waals surface area contributed by atoms with Crippen LogP contribution in [0.2, 0.25) is 0 Å². The standard InChI is InChI=1S/C9H11F2N5O/c1-17-7-5(3-2-4(10)6(7)11)15-9(14)16-8(12)13/h2-3H,1H3,(H6,12,13,14,15,16). The molecule has 0 heterocycles. The Morgan fingerprint density at radius 2 is 1.88 bits per heavy atom. The molecule has 92 valence electrons. The first kappa shape index (κ1) is 12.7. The largest absolute Gasteiger partial charge is 0.491 e. The minimum atomic E-state index is -1.16. The summed E-state index contributed by atoms with van der Waals surface area (Å²) in [6, 6.07) is 2.08. The summed E-state index contributed by atoms with van der Waals surface area (Å²) in [5, 5.41) is 0. The van der Waals surface area contributed by atoms with E-state index < -0.39 is 11.6 Å². The molecule has 1 rings (SSSR count). The number of benzene rings is 1. The lowest BCUT2D eigenvalue weighted by molar-refractivity contribution is 0.373. The molecule has 0 spiro atoms. The molecule has 0 radical (unpaired) electrons. The van der Waals surface area contributed by atoms with Crippen LogP contribution in [-0.2, 0) is 0 Å². The molecule has 0 saturated heterocycles. The molecule has 1 aromatic carbocycles. The first-order valence-corrected chi connectivity index (χ1v) is 4.41. The maximum atomic E-state index is 13.3. The molecular weight excluding hydrogens is 232 g/mol. The molecule has 0 aromatic heterocycles. The van der Waals surface area contributed by atoms with Gasteiger partial charge in [-0.05, 0) is 12.1 Å². The second-order valence-corrected chi connectivity index (χ2v) is 2.92. The maximum Gasteiger partial charge on any atom is 0.223 e. The number of nitrogens with zero attached hydrogens (tertiary/aromatic N) is 2. The van der Waals surface area contributed by atoms with E-state index in [0.717, 1.165) is 6.07 Å². The molecule has 0 saturated carbocycles. The summed E-state index contributed by atoms with van der Waals surface area (Å²) in [5.41, 5.74) is 15.5. The number of hydrogen-bond donors (Lipinski definition) is 3. The van der Waals surface area contributed by atoms with Crippen LogP contribution in [0.5, 0.6) is 5.75 Å². The van der Waals surface area contributed by atoms with Gasteiger partial charge < -0.3 is 21.9 Å². The molecular formula is C9H11F2N5O. The third-order valence-electron chi connectivity index (χ3n) is 1.71. The fraction of sp³-hybridized carbons (Fsp3) is 0.111. The SMILES string of the molecule is COc1c(N=C(N)N=C(N)N)ccc(F)c1F. The first-order valence-electron chi connectivity index (χ1n) is 4.41. The van der Waals surface area contributed by atoms with Crippen molar-refractivity contribution in [3.8, 4) is 5.75 Å². The average molecular weight is 243 g/mol. The van der Waals surface area contributed by atoms with Gasteiger partial charge in [-0.3, -0.25) is 0 Å². The van der Waals surface area contributed by atoms with Crippen molar-refractivity contribution < 1.29 is 13.5 Å². The highest BCUT2D eigenvalue weighted by Gasteiger charge is 2.13. The molecule has 17 heavy (non-hydrogen) atoms. The second-order valence-electron chi connectivity index (χ2n) is 2.92. The van der Waals surface area contributed by atoms with Crippen molar-refractivity contribution in [1.82, 2.24) is 0 Å². The van der Waals surface area contributed by atoms with E-state index >= 15 is 0 Å². The smallest absolute Gasteiger partial charge is 0.223 e. The van der Waals surface area contributed by atoms with Crippen LogP contribution < -0.4 is 21.9 Å². The molecule has 0 aliphatic heterocycles. The number of aliphatic imine (C=N–C) groups is 2. The highest BCUT2D eigenvalue weighted by molar-refractivity contribution is 5.93. The molecule has 6 nitrogen and oxygen atoms in total. The van der Waals surface area contributed by atoms with Crippen LogP contribution in [0.3, 0.4) is 0 Å². The van der Waals surface area contributed by atoms with Gasteiger partial charge in [0.2, 0.25) is 11.8 Å². The highest BCUT2D eigenvalue weighted by atomic mass is 19.2. The average Bonchev–Trinajstić information content (AvgIpc) is 2.23. The second kappa shape index (κ2) is 5.10. The van der Waals surface area contributed by atoms with Gasteiger partial charge in [0.05, 0.1) is 7.11 Å². The summed E-state index contributed by atoms with van der Waals surface area (Å²) in [7, 11) is 1.17. The number of methoxy groups -OCH3 is 1. The van der Waals surface area contributed by atoms with Gasteiger partial charge >= 0.3 is 0 Å². The van der Waals surface area contributed by atoms with Gasteiger partial charge in [0.1, 0.15) is 5.69 Å². The summed E-state index contributed by atoms with van der Waals surface area (Å²) in [6.45, 7) is 0. The molecule has 0 fully saturated rings. The van der Waals surface area contributed by atoms with Crippen LogP contribution in [0, 0.1) is 11.6 Å². The Bertz CT molecular complexity index is 483. The molecule has 0 amide bonds. The Balaban J connectivity index is 3.24. The van der Waals surface area contributed by atoms with E-state index in [1.165, 1.54) is 13.2 Å². The molecule has 0 bridgehead atoms. The maximum absolute atomic E-state index is 13.3. The van der Waals surface area contributed by atoms with Crippen LogP contribution in [0.25, 0.3) is 0 Å². The number of hydrogen-bond acceptors (Lipinski definition) is 2. The lowest BCUT2D eigenvalue weighted by Crippen LogP contribution is -2.26. The summed E-state index contributed by atoms with van der Waals surface area (Å²) in [4.78, 5) is 7.12. The van der Waals surface area contributed by atoms with Crippen molar-refractivity contribution in [2.45, 2.75) is 0 Å². The van der Waals surface area contributed by atoms with Crippen LogP contribution in [0.15, 0.2) is 22.1 Å². The number of nitrogens with two attached hydrogens (primary N) is 3. The quantitative estimate of drug-likeness (QED) is 0.508. The molecule has 8 heteroatoms. The topological polar surface area (TPSA) is 112 Å². The van der Waals surface area contributed by atoms with E-state index in [9.17, 15) is 8.78 Å². The van der Waals surface area contributed by atoms with Gasteiger partial charge in [-0.1, -0.05) is 0 Å². The molecule has 0 aliphatic carbocycles. The van der Waals surface area contributed by atoms with Crippen LogP contribution in [-0.4, -0.2) is 19.0 Å². The van der Waals surface area contributed by atoms with E-state index in [4.69, 9.17) is 17.2 Å². The summed E-state index contributed by atoms with van der Waals surface area (Å²) in [5.74, 6) is -3.19. The summed E-state index contributed by atoms with van der Waals surface area (Å²) < 4.78 is 30.8. The van der Waals surface area contributed by atoms with Crippen molar-refractivity contribution in [2.75, 3.05) is 7.11 Å². The van der Waals surface area contributed by atoms with E-state index in [1.807, 2.05) is 0 Å². The Morgan fingerprint density at radius 1 is 1.24 bits per heavy atom. The van der Waals surface area contributed by atoms with Gasteiger partial charge in [0.15, 0.2) is 17.5 Å². The Hall–Kier alpha value is -2.38. The van der Waals surface area contributed by atoms with Gasteiger partial charge in [0, 0.05) is 0 Å². The minimum absolute atomic E-state index is 0.0195. The van der Waals surface area contributed by atoms with E-state index in [2.05, 4.69) is 14.7 Å². The normalized spacial score (nSPS) is 11.1. The Labute approximate surface area is 95.8 Å². The number of halogens is 2. The Kier molecular flexibility index (Phi) is 3.81. The number of guanidine groups is 2. The van der Waals surface area contributed by atoms with Gasteiger partial charge in [-0.2, -0.15) is 9.38 Å². The van der Waals surface area contributed by atoms with Crippen LogP contribution >= 0.6 is 0 Å². The summed E-state index contributed by atoms with van der Waals surface area (Å²) in [6.07, 6.45) is 0. The van der Waals surface area contributed by atoms with E-state index in [-0.39, 0.29) is 23.4 Å². The van der Waals surface area contributed by atoms with Gasteiger partial charge in [-0.15, -0.1) is 0 Å². The number of ether oxygens (including phenoxy) is 1. The van der Waals surface area contributed by atoms with Gasteiger partial charge in [-0.25, -0.2) is 9.38 Å². The van der Waals surface area contributed by atoms with E-state index in [0.29, 0.717) is 0 Å². The predicted molar refractivity (Wildman–Crippen MR) is 60.0 cm³/mol. The first-order chi connectivity index (χ1) is 7.95. The molecule has 6 N–H and O–H groups in total. The van der Waals surface area contributed by atoms with Crippen molar-refractivity contribution in [2.24, 2.45) is 27.2 Å². The van der Waals surface area contributed by atoms with Crippen molar-refractivity contribution >= 4 is 17.6 Å². The summed E-state index contributed by atoms with van der Waals surface area (Å²) >= 11 is 0. The lowest BCUT2D eigenvalue weighted by Gasteiger charge is -2.06. The van der Waals surface area contributed by atoms with Crippen molar-refractivity contribution in [3.63, 3.8) is 0 Å². The van der Waals surface area contributed by atoms with Crippen molar-refractivity contribution in [1.29, 1.82) is 0 Å². The fourth-order valence-corrected chi connectivity index (χ4v) is 1.08. The third kappa shape index (κ3) is 3.03. The van der Waals surface area contributed by atoms with E-state index in [1.54, 1.807) is 0 Å². The Morgan fingerprint density at radius 3 is 2.41 bits per heavy atom. The third-order valence-corrected chi connectivity index (χ3v) is 1.71. The zero-order chi connectivity index (χ0) is 13.0. The zero-order valence-corrected chi connectivity index (χ0v) is 8.95. The molecule has 0 atom stereocenters. The molecule has 1 aromatic rings.